The first-order valence-electron chi connectivity index (χ1n) is 12.0. The maximum absolute atomic E-state index is 14.1. The average Bonchev–Trinajstić information content (AvgIpc) is 2.96. The summed E-state index contributed by atoms with van der Waals surface area (Å²) in [6, 6.07) is 4.87. The van der Waals surface area contributed by atoms with Gasteiger partial charge in [-0.3, -0.25) is 9.69 Å². The monoisotopic (exact) mass is 571 g/mol. The number of nitrogens with zero attached hydrogens (tertiary/aromatic N) is 1. The fourth-order valence-electron chi connectivity index (χ4n) is 5.69. The van der Waals surface area contributed by atoms with Gasteiger partial charge in [-0.2, -0.15) is 21.6 Å². The topological polar surface area (TPSA) is 97.8 Å². The second kappa shape index (κ2) is 9.80. The van der Waals surface area contributed by atoms with Gasteiger partial charge in [0.2, 0.25) is 0 Å². The number of carbonyl (C=O) groups is 1. The summed E-state index contributed by atoms with van der Waals surface area (Å²) in [5.41, 5.74) is -4.80. The Labute approximate surface area is 220 Å². The molecule has 2 heterocycles. The first-order valence-corrected chi connectivity index (χ1v) is 14.9. The first-order chi connectivity index (χ1) is 17.6. The van der Waals surface area contributed by atoms with E-state index in [0.29, 0.717) is 12.8 Å². The van der Waals surface area contributed by atoms with Gasteiger partial charge in [0.15, 0.2) is 20.4 Å². The number of alkyl halides is 3. The highest BCUT2D eigenvalue weighted by Gasteiger charge is 2.69. The largest absolute Gasteiger partial charge is 0.534 e. The van der Waals surface area contributed by atoms with Crippen LogP contribution in [-0.2, 0) is 28.9 Å². The van der Waals surface area contributed by atoms with Crippen molar-refractivity contribution in [3.05, 3.63) is 78.1 Å². The van der Waals surface area contributed by atoms with Crippen molar-refractivity contribution in [1.82, 2.24) is 4.90 Å². The third-order valence-electron chi connectivity index (χ3n) is 7.40. The normalized spacial score (nSPS) is 30.2. The lowest BCUT2D eigenvalue weighted by Gasteiger charge is -2.47. The molecule has 5 unspecified atom stereocenters. The second-order valence-electron chi connectivity index (χ2n) is 9.75. The summed E-state index contributed by atoms with van der Waals surface area (Å²) in [6.45, 7) is 7.16. The average molecular weight is 572 g/mol. The molecular formula is C26H28F3NO6S2. The van der Waals surface area contributed by atoms with E-state index in [9.17, 15) is 34.8 Å². The van der Waals surface area contributed by atoms with Crippen LogP contribution in [0, 0.1) is 0 Å². The molecule has 0 N–H and O–H groups in total. The number of benzene rings is 1. The van der Waals surface area contributed by atoms with Crippen molar-refractivity contribution in [3.8, 4) is 0 Å². The zero-order valence-electron chi connectivity index (χ0n) is 20.8. The van der Waals surface area contributed by atoms with E-state index in [4.69, 9.17) is 0 Å². The molecule has 0 saturated carbocycles. The highest BCUT2D eigenvalue weighted by molar-refractivity contribution is 7.93. The number of Topliss-reactive ketones (excluding diaryl/α,β-unsaturated/α-hetero) is 1. The summed E-state index contributed by atoms with van der Waals surface area (Å²) in [5, 5.41) is 0. The van der Waals surface area contributed by atoms with E-state index in [0.717, 1.165) is 5.57 Å². The van der Waals surface area contributed by atoms with Crippen LogP contribution < -0.4 is 0 Å². The van der Waals surface area contributed by atoms with E-state index < -0.39 is 66.3 Å². The Morgan fingerprint density at radius 3 is 2.42 bits per heavy atom. The minimum absolute atomic E-state index is 0.100. The maximum atomic E-state index is 14.1. The number of ketones is 1. The molecule has 5 atom stereocenters. The molecule has 3 aliphatic rings. The van der Waals surface area contributed by atoms with Gasteiger partial charge >= 0.3 is 15.6 Å². The fraction of sp³-hybridized carbons (Fsp3) is 0.423. The molecular weight excluding hydrogens is 543 g/mol. The van der Waals surface area contributed by atoms with E-state index in [2.05, 4.69) is 10.8 Å². The van der Waals surface area contributed by atoms with Crippen molar-refractivity contribution in [2.75, 3.05) is 0 Å². The number of piperidine rings is 1. The molecule has 7 nitrogen and oxygen atoms in total. The maximum Gasteiger partial charge on any atom is 0.534 e. The molecule has 4 rings (SSSR count). The lowest BCUT2D eigenvalue weighted by molar-refractivity contribution is -0.120. The van der Waals surface area contributed by atoms with Crippen LogP contribution in [0.4, 0.5) is 13.2 Å². The lowest BCUT2D eigenvalue weighted by Crippen LogP contribution is -2.59. The zero-order chi connectivity index (χ0) is 28.1. The van der Waals surface area contributed by atoms with Crippen LogP contribution in [0.25, 0.3) is 0 Å². The molecule has 0 radical (unpaired) electrons. The number of sulfone groups is 1. The predicted molar refractivity (Wildman–Crippen MR) is 135 cm³/mol. The lowest BCUT2D eigenvalue weighted by atomic mass is 9.79. The van der Waals surface area contributed by atoms with Gasteiger partial charge in [0.1, 0.15) is 5.76 Å². The minimum atomic E-state index is -5.98. The van der Waals surface area contributed by atoms with Gasteiger partial charge in [0, 0.05) is 24.9 Å². The Bertz CT molecular complexity index is 1450. The molecule has 2 fully saturated rings. The minimum Gasteiger partial charge on any atom is -0.381 e. The molecule has 206 valence electrons. The number of carbonyl (C=O) groups excluding carboxylic acids is 1. The van der Waals surface area contributed by atoms with E-state index in [-0.39, 0.29) is 16.9 Å². The molecule has 2 bridgehead atoms. The van der Waals surface area contributed by atoms with Gasteiger partial charge in [-0.1, -0.05) is 54.7 Å². The molecule has 12 heteroatoms. The Kier molecular flexibility index (Phi) is 7.30. The molecule has 38 heavy (non-hydrogen) atoms. The van der Waals surface area contributed by atoms with Crippen LogP contribution in [0.3, 0.4) is 0 Å². The third-order valence-corrected chi connectivity index (χ3v) is 10.9. The molecule has 0 aromatic heterocycles. The number of rotatable bonds is 7. The number of hydrogen-bond donors (Lipinski definition) is 0. The summed E-state index contributed by atoms with van der Waals surface area (Å²) in [6.07, 6.45) is 6.65. The van der Waals surface area contributed by atoms with Crippen molar-refractivity contribution >= 4 is 25.7 Å². The fourth-order valence-corrected chi connectivity index (χ4v) is 8.48. The molecule has 1 aliphatic carbocycles. The van der Waals surface area contributed by atoms with Crippen molar-refractivity contribution in [2.24, 2.45) is 0 Å². The molecule has 0 amide bonds. The summed E-state index contributed by atoms with van der Waals surface area (Å²) < 4.78 is 94.0. The van der Waals surface area contributed by atoms with Crippen molar-refractivity contribution in [2.45, 2.75) is 72.8 Å². The van der Waals surface area contributed by atoms with Crippen LogP contribution >= 0.6 is 0 Å². The van der Waals surface area contributed by atoms with Crippen LogP contribution in [0.15, 0.2) is 83.0 Å². The first kappa shape index (κ1) is 28.3. The smallest absolute Gasteiger partial charge is 0.381 e. The van der Waals surface area contributed by atoms with Crippen molar-refractivity contribution in [3.63, 3.8) is 0 Å². The van der Waals surface area contributed by atoms with Crippen LogP contribution in [0.5, 0.6) is 0 Å². The van der Waals surface area contributed by atoms with Gasteiger partial charge in [0.25, 0.3) is 0 Å². The SMILES string of the molecule is C=C(C)/C=C\C=C/C1C(=O)C2(S(=O)(=O)c3ccccc3)CC3=C(OS(=O)(=O)C(F)(F)F)CCCC3N1C2C. The van der Waals surface area contributed by atoms with Gasteiger partial charge in [0.05, 0.1) is 10.9 Å². The van der Waals surface area contributed by atoms with Crippen molar-refractivity contribution < 1.29 is 39.0 Å². The summed E-state index contributed by atoms with van der Waals surface area (Å²) in [5.74, 6) is -1.06. The molecule has 1 aromatic rings. The van der Waals surface area contributed by atoms with E-state index in [1.54, 1.807) is 49.1 Å². The van der Waals surface area contributed by atoms with Crippen LogP contribution in [0.1, 0.15) is 39.5 Å². The molecule has 2 saturated heterocycles. The molecule has 2 aliphatic heterocycles. The predicted octanol–water partition coefficient (Wildman–Crippen LogP) is 4.61. The standard InChI is InChI=1S/C26H28F3NO6S2/c1-17(2)10-7-8-13-22-24(31)25(37(32,33)19-11-5-4-6-12-19)16-20-21(30(22)18(25)3)14-9-15-23(20)36-38(34,35)26(27,28)29/h4-8,10-13,18,21-22H,1,9,14-16H2,2-3H3/b10-7-,13-8-. The number of halogens is 3. The third kappa shape index (κ3) is 4.46. The van der Waals surface area contributed by atoms with E-state index >= 15 is 0 Å². The van der Waals surface area contributed by atoms with E-state index in [1.807, 2.05) is 0 Å². The van der Waals surface area contributed by atoms with Gasteiger partial charge in [-0.25, -0.2) is 8.42 Å². The quantitative estimate of drug-likeness (QED) is 0.268. The Hall–Kier alpha value is -2.70. The van der Waals surface area contributed by atoms with Gasteiger partial charge in [-0.15, -0.1) is 0 Å². The molecule has 0 spiro atoms. The highest BCUT2D eigenvalue weighted by Crippen LogP contribution is 2.54. The number of allylic oxidation sites excluding steroid dienone is 5. The molecule has 1 aromatic carbocycles. The van der Waals surface area contributed by atoms with Crippen LogP contribution in [0.2, 0.25) is 0 Å². The Morgan fingerprint density at radius 1 is 1.16 bits per heavy atom. The number of hydrogen-bond acceptors (Lipinski definition) is 7. The summed E-state index contributed by atoms with van der Waals surface area (Å²) >= 11 is 0. The number of fused-ring (bicyclic) bond motifs is 4. The van der Waals surface area contributed by atoms with E-state index in [1.165, 1.54) is 24.3 Å². The highest BCUT2D eigenvalue weighted by atomic mass is 32.2. The summed E-state index contributed by atoms with van der Waals surface area (Å²) in [4.78, 5) is 15.7. The second-order valence-corrected chi connectivity index (χ2v) is 13.5. The van der Waals surface area contributed by atoms with Crippen molar-refractivity contribution in [1.29, 1.82) is 0 Å². The summed E-state index contributed by atoms with van der Waals surface area (Å²) in [7, 11) is -10.4. The Morgan fingerprint density at radius 2 is 1.82 bits per heavy atom. The van der Waals surface area contributed by atoms with Crippen LogP contribution in [-0.4, -0.2) is 55.9 Å². The van der Waals surface area contributed by atoms with Gasteiger partial charge < -0.3 is 4.18 Å². The zero-order valence-corrected chi connectivity index (χ0v) is 22.4. The Balaban J connectivity index is 1.92. The van der Waals surface area contributed by atoms with Gasteiger partial charge in [-0.05, 0) is 44.4 Å².